The molecule has 7 nitrogen and oxygen atoms in total. The van der Waals surface area contributed by atoms with Crippen LogP contribution in [0.1, 0.15) is 52.5 Å². The third kappa shape index (κ3) is 9.17. The minimum absolute atomic E-state index is 0.162. The monoisotopic (exact) mass is 429 g/mol. The Morgan fingerprint density at radius 3 is 2.19 bits per heavy atom. The first-order valence-corrected chi connectivity index (χ1v) is 10.7. The third-order valence-electron chi connectivity index (χ3n) is 4.60. The molecule has 1 unspecified atom stereocenters. The Labute approximate surface area is 184 Å². The summed E-state index contributed by atoms with van der Waals surface area (Å²) >= 11 is 0. The normalized spacial score (nSPS) is 12.5. The molecule has 2 aromatic rings. The van der Waals surface area contributed by atoms with Gasteiger partial charge >= 0.3 is 0 Å². The van der Waals surface area contributed by atoms with Gasteiger partial charge in [-0.05, 0) is 28.7 Å². The topological polar surface area (TPSA) is 122 Å². The molecule has 3 amide bonds. The zero-order chi connectivity index (χ0) is 23.4. The number of benzene rings is 2. The Morgan fingerprint density at radius 1 is 1.03 bits per heavy atom. The highest BCUT2D eigenvalue weighted by Crippen LogP contribution is 2.18. The molecule has 0 aliphatic rings. The van der Waals surface area contributed by atoms with Gasteiger partial charge in [-0.25, -0.2) is 5.48 Å². The zero-order valence-electron chi connectivity index (χ0n) is 18.9. The van der Waals surface area contributed by atoms with E-state index in [4.69, 9.17) is 10.9 Å². The van der Waals surface area contributed by atoms with Gasteiger partial charge in [0.15, 0.2) is 0 Å². The first-order chi connectivity index (χ1) is 14.7. The van der Waals surface area contributed by atoms with E-state index in [0.29, 0.717) is 6.42 Å². The van der Waals surface area contributed by atoms with Crippen molar-refractivity contribution < 1.29 is 19.6 Å². The Kier molecular flexibility index (Phi) is 11.3. The van der Waals surface area contributed by atoms with Crippen LogP contribution in [-0.2, 0) is 20.8 Å². The van der Waals surface area contributed by atoms with Crippen molar-refractivity contribution >= 4 is 28.5 Å². The SMILES string of the molecule is CC(C)CC(CC(=O)NO)C(=O)N[C@@H](Cc1ccc2ccccc2c1)C(N)=O.CCC. The van der Waals surface area contributed by atoms with E-state index >= 15 is 0 Å². The second-order valence-corrected chi connectivity index (χ2v) is 8.12. The summed E-state index contributed by atoms with van der Waals surface area (Å²) in [7, 11) is 0. The van der Waals surface area contributed by atoms with Gasteiger partial charge < -0.3 is 11.1 Å². The summed E-state index contributed by atoms with van der Waals surface area (Å²) in [5.74, 6) is -2.22. The van der Waals surface area contributed by atoms with Crippen LogP contribution in [0.3, 0.4) is 0 Å². The summed E-state index contributed by atoms with van der Waals surface area (Å²) in [6.07, 6.45) is 1.79. The molecule has 2 atom stereocenters. The van der Waals surface area contributed by atoms with Crippen LogP contribution in [0.15, 0.2) is 42.5 Å². The molecular formula is C24H35N3O4. The molecule has 0 fully saturated rings. The summed E-state index contributed by atoms with van der Waals surface area (Å²) < 4.78 is 0. The summed E-state index contributed by atoms with van der Waals surface area (Å²) in [6, 6.07) is 12.8. The Bertz CT molecular complexity index is 867. The molecule has 7 heteroatoms. The molecule has 5 N–H and O–H groups in total. The third-order valence-corrected chi connectivity index (χ3v) is 4.60. The second kappa shape index (κ2) is 13.4. The van der Waals surface area contributed by atoms with Gasteiger partial charge in [0, 0.05) is 18.8 Å². The predicted molar refractivity (Wildman–Crippen MR) is 122 cm³/mol. The molecule has 0 saturated carbocycles. The number of nitrogens with two attached hydrogens (primary N) is 1. The van der Waals surface area contributed by atoms with E-state index in [-0.39, 0.29) is 18.8 Å². The highest BCUT2D eigenvalue weighted by molar-refractivity contribution is 5.90. The van der Waals surface area contributed by atoms with E-state index in [2.05, 4.69) is 19.2 Å². The predicted octanol–water partition coefficient (Wildman–Crippen LogP) is 3.33. The number of carbonyl (C=O) groups is 3. The highest BCUT2D eigenvalue weighted by atomic mass is 16.5. The van der Waals surface area contributed by atoms with Crippen LogP contribution in [0.5, 0.6) is 0 Å². The van der Waals surface area contributed by atoms with E-state index in [1.807, 2.05) is 56.3 Å². The lowest BCUT2D eigenvalue weighted by Gasteiger charge is -2.22. The smallest absolute Gasteiger partial charge is 0.244 e. The maximum absolute atomic E-state index is 12.7. The number of hydrogen-bond donors (Lipinski definition) is 4. The maximum Gasteiger partial charge on any atom is 0.244 e. The number of nitrogens with one attached hydrogen (secondary N) is 2. The molecule has 0 spiro atoms. The van der Waals surface area contributed by atoms with Crippen LogP contribution in [0.4, 0.5) is 0 Å². The van der Waals surface area contributed by atoms with Crippen molar-refractivity contribution in [2.45, 2.75) is 59.4 Å². The molecule has 170 valence electrons. The van der Waals surface area contributed by atoms with Crippen molar-refractivity contribution in [3.05, 3.63) is 48.0 Å². The van der Waals surface area contributed by atoms with Gasteiger partial charge in [-0.3, -0.25) is 19.6 Å². The van der Waals surface area contributed by atoms with Gasteiger partial charge in [-0.15, -0.1) is 0 Å². The minimum Gasteiger partial charge on any atom is -0.368 e. The fourth-order valence-electron chi connectivity index (χ4n) is 3.24. The fourth-order valence-corrected chi connectivity index (χ4v) is 3.24. The van der Waals surface area contributed by atoms with Gasteiger partial charge in [-0.1, -0.05) is 76.6 Å². The van der Waals surface area contributed by atoms with Gasteiger partial charge in [0.05, 0.1) is 0 Å². The number of carbonyl (C=O) groups excluding carboxylic acids is 3. The van der Waals surface area contributed by atoms with E-state index in [1.54, 1.807) is 5.48 Å². The quantitative estimate of drug-likeness (QED) is 0.361. The molecule has 2 aromatic carbocycles. The van der Waals surface area contributed by atoms with Crippen LogP contribution in [0.25, 0.3) is 10.8 Å². The largest absolute Gasteiger partial charge is 0.368 e. The van der Waals surface area contributed by atoms with Crippen LogP contribution >= 0.6 is 0 Å². The molecule has 0 aromatic heterocycles. The van der Waals surface area contributed by atoms with Crippen molar-refractivity contribution in [2.24, 2.45) is 17.6 Å². The van der Waals surface area contributed by atoms with E-state index in [1.165, 1.54) is 6.42 Å². The minimum atomic E-state index is -0.888. The van der Waals surface area contributed by atoms with Gasteiger partial charge in [-0.2, -0.15) is 0 Å². The Morgan fingerprint density at radius 2 is 1.65 bits per heavy atom. The standard InChI is InChI=1S/C21H27N3O4.C3H8/c1-13(2)9-17(12-19(25)24-28)21(27)23-18(20(22)26)11-14-7-8-15-5-3-4-6-16(15)10-14;1-3-2/h3-8,10,13,17-18,28H,9,11-12H2,1-2H3,(H2,22,26)(H,23,27)(H,24,25);3H2,1-2H3/t17?,18-;/m0./s1. The Balaban J connectivity index is 0.00000151. The number of amides is 3. The van der Waals surface area contributed by atoms with Crippen LogP contribution in [-0.4, -0.2) is 29.0 Å². The van der Waals surface area contributed by atoms with Crippen molar-refractivity contribution in [2.75, 3.05) is 0 Å². The van der Waals surface area contributed by atoms with Crippen LogP contribution in [0.2, 0.25) is 0 Å². The Hall–Kier alpha value is -2.93. The van der Waals surface area contributed by atoms with E-state index in [0.717, 1.165) is 16.3 Å². The number of primary amides is 1. The van der Waals surface area contributed by atoms with Gasteiger partial charge in [0.25, 0.3) is 0 Å². The summed E-state index contributed by atoms with van der Waals surface area (Å²) in [4.78, 5) is 36.1. The highest BCUT2D eigenvalue weighted by Gasteiger charge is 2.27. The first-order valence-electron chi connectivity index (χ1n) is 10.7. The van der Waals surface area contributed by atoms with Crippen molar-refractivity contribution in [3.8, 4) is 0 Å². The summed E-state index contributed by atoms with van der Waals surface area (Å²) in [5.41, 5.74) is 7.92. The van der Waals surface area contributed by atoms with E-state index in [9.17, 15) is 14.4 Å². The summed E-state index contributed by atoms with van der Waals surface area (Å²) in [5, 5.41) is 13.5. The van der Waals surface area contributed by atoms with Gasteiger partial charge in [0.2, 0.25) is 17.7 Å². The van der Waals surface area contributed by atoms with Crippen molar-refractivity contribution in [1.82, 2.24) is 10.8 Å². The molecular weight excluding hydrogens is 394 g/mol. The lowest BCUT2D eigenvalue weighted by molar-refractivity contribution is -0.136. The molecule has 0 radical (unpaired) electrons. The molecule has 0 aliphatic heterocycles. The number of hydrogen-bond acceptors (Lipinski definition) is 4. The average Bonchev–Trinajstić information content (AvgIpc) is 2.72. The molecule has 0 aliphatic carbocycles. The van der Waals surface area contributed by atoms with Crippen molar-refractivity contribution in [1.29, 1.82) is 0 Å². The van der Waals surface area contributed by atoms with Crippen molar-refractivity contribution in [3.63, 3.8) is 0 Å². The maximum atomic E-state index is 12.7. The van der Waals surface area contributed by atoms with Crippen LogP contribution in [0, 0.1) is 11.8 Å². The lowest BCUT2D eigenvalue weighted by Crippen LogP contribution is -2.48. The second-order valence-electron chi connectivity index (χ2n) is 8.12. The van der Waals surface area contributed by atoms with E-state index < -0.39 is 29.7 Å². The molecule has 0 bridgehead atoms. The van der Waals surface area contributed by atoms with Gasteiger partial charge in [0.1, 0.15) is 6.04 Å². The lowest BCUT2D eigenvalue weighted by atomic mass is 9.92. The number of fused-ring (bicyclic) bond motifs is 1. The van der Waals surface area contributed by atoms with Crippen LogP contribution < -0.4 is 16.5 Å². The summed E-state index contributed by atoms with van der Waals surface area (Å²) in [6.45, 7) is 8.11. The molecule has 2 rings (SSSR count). The first kappa shape index (κ1) is 26.1. The molecule has 31 heavy (non-hydrogen) atoms. The number of rotatable bonds is 9. The average molecular weight is 430 g/mol. The number of hydroxylamine groups is 1. The zero-order valence-corrected chi connectivity index (χ0v) is 18.9. The molecule has 0 saturated heterocycles. The fraction of sp³-hybridized carbons (Fsp3) is 0.458. The molecule has 0 heterocycles.